The van der Waals surface area contributed by atoms with Crippen LogP contribution in [-0.4, -0.2) is 28.0 Å². The fourth-order valence-electron chi connectivity index (χ4n) is 2.69. The molecule has 0 aliphatic heterocycles. The van der Waals surface area contributed by atoms with Gasteiger partial charge in [0.05, 0.1) is 11.3 Å². The standard InChI is InChI=1S/C16H15F6N3O2/c1-3-11(26)23-14(15(17,18)19,16(20,21)22)12-9(2)24-25(13(12)27)10-7-5-4-6-8-10/h4-8,24H,3H2,1-2H3,(H,23,26). The molecule has 5 nitrogen and oxygen atoms in total. The number of hydrogen-bond acceptors (Lipinski definition) is 2. The molecule has 1 amide bonds. The van der Waals surface area contributed by atoms with E-state index in [9.17, 15) is 35.9 Å². The van der Waals surface area contributed by atoms with Gasteiger partial charge < -0.3 is 5.32 Å². The smallest absolute Gasteiger partial charge is 0.331 e. The molecule has 148 valence electrons. The molecule has 0 bridgehead atoms. The average molecular weight is 395 g/mol. The Labute approximate surface area is 149 Å². The molecule has 0 fully saturated rings. The Morgan fingerprint density at radius 3 is 2.04 bits per heavy atom. The van der Waals surface area contributed by atoms with E-state index in [1.54, 1.807) is 6.07 Å². The molecule has 11 heteroatoms. The number of nitrogens with one attached hydrogen (secondary N) is 2. The van der Waals surface area contributed by atoms with Crippen molar-refractivity contribution in [2.45, 2.75) is 38.2 Å². The quantitative estimate of drug-likeness (QED) is 0.780. The van der Waals surface area contributed by atoms with Crippen LogP contribution in [0.4, 0.5) is 26.3 Å². The first-order valence-corrected chi connectivity index (χ1v) is 7.68. The molecule has 2 N–H and O–H groups in total. The summed E-state index contributed by atoms with van der Waals surface area (Å²) in [5, 5.41) is 3.22. The lowest BCUT2D eigenvalue weighted by molar-refractivity contribution is -0.312. The minimum atomic E-state index is -6.02. The van der Waals surface area contributed by atoms with Gasteiger partial charge in [-0.1, -0.05) is 25.1 Å². The number of hydrogen-bond donors (Lipinski definition) is 2. The van der Waals surface area contributed by atoms with Gasteiger partial charge in [0, 0.05) is 12.1 Å². The molecule has 27 heavy (non-hydrogen) atoms. The summed E-state index contributed by atoms with van der Waals surface area (Å²) in [6, 6.07) is 7.13. The number of amides is 1. The van der Waals surface area contributed by atoms with Gasteiger partial charge in [0.15, 0.2) is 0 Å². The van der Waals surface area contributed by atoms with Gasteiger partial charge in [-0.25, -0.2) is 4.68 Å². The first kappa shape index (κ1) is 20.6. The van der Waals surface area contributed by atoms with Gasteiger partial charge in [0.25, 0.3) is 11.1 Å². The van der Waals surface area contributed by atoms with Gasteiger partial charge in [-0.05, 0) is 19.1 Å². The monoisotopic (exact) mass is 395 g/mol. The van der Waals surface area contributed by atoms with Crippen LogP contribution < -0.4 is 10.9 Å². The summed E-state index contributed by atoms with van der Waals surface area (Å²) in [6.07, 6.45) is -12.7. The zero-order chi connectivity index (χ0) is 20.6. The Bertz CT molecular complexity index is 866. The van der Waals surface area contributed by atoms with Crippen LogP contribution in [0.3, 0.4) is 0 Å². The topological polar surface area (TPSA) is 66.9 Å². The number of H-pyrrole nitrogens is 1. The molecule has 0 saturated carbocycles. The maximum absolute atomic E-state index is 13.7. The first-order valence-electron chi connectivity index (χ1n) is 7.68. The number of aromatic nitrogens is 2. The summed E-state index contributed by atoms with van der Waals surface area (Å²) >= 11 is 0. The molecule has 0 radical (unpaired) electrons. The molecule has 0 spiro atoms. The molecule has 0 saturated heterocycles. The molecule has 2 rings (SSSR count). The van der Waals surface area contributed by atoms with Crippen molar-refractivity contribution < 1.29 is 31.1 Å². The highest BCUT2D eigenvalue weighted by atomic mass is 19.4. The fourth-order valence-corrected chi connectivity index (χ4v) is 2.69. The van der Waals surface area contributed by atoms with Crippen LogP contribution >= 0.6 is 0 Å². The third kappa shape index (κ3) is 3.33. The summed E-state index contributed by atoms with van der Waals surface area (Å²) in [6.45, 7) is 2.00. The second-order valence-electron chi connectivity index (χ2n) is 5.74. The first-order chi connectivity index (χ1) is 12.4. The Balaban J connectivity index is 2.88. The summed E-state index contributed by atoms with van der Waals surface area (Å²) in [5.74, 6) is -1.50. The van der Waals surface area contributed by atoms with Gasteiger partial charge in [-0.3, -0.25) is 14.7 Å². The summed E-state index contributed by atoms with van der Waals surface area (Å²) in [4.78, 5) is 24.1. The molecule has 0 unspecified atom stereocenters. The zero-order valence-corrected chi connectivity index (χ0v) is 14.1. The van der Waals surface area contributed by atoms with Crippen molar-refractivity contribution >= 4 is 5.91 Å². The number of carbonyl (C=O) groups is 1. The average Bonchev–Trinajstić information content (AvgIpc) is 2.86. The second kappa shape index (κ2) is 6.78. The van der Waals surface area contributed by atoms with Crippen LogP contribution in [0.1, 0.15) is 24.6 Å². The van der Waals surface area contributed by atoms with Crippen LogP contribution in [-0.2, 0) is 10.3 Å². The molecule has 0 aliphatic rings. The summed E-state index contributed by atoms with van der Waals surface area (Å²) in [5.41, 5.74) is -8.67. The van der Waals surface area contributed by atoms with Crippen molar-refractivity contribution in [3.8, 4) is 5.69 Å². The predicted octanol–water partition coefficient (Wildman–Crippen LogP) is 3.32. The zero-order valence-electron chi connectivity index (χ0n) is 14.1. The molecule has 1 heterocycles. The van der Waals surface area contributed by atoms with E-state index in [0.29, 0.717) is 4.68 Å². The van der Waals surface area contributed by atoms with Gasteiger partial charge in [0.1, 0.15) is 0 Å². The van der Waals surface area contributed by atoms with E-state index in [4.69, 9.17) is 0 Å². The maximum Gasteiger partial charge on any atom is 0.425 e. The molecule has 0 aliphatic carbocycles. The molecular weight excluding hydrogens is 380 g/mol. The van der Waals surface area contributed by atoms with Crippen molar-refractivity contribution in [2.75, 3.05) is 0 Å². The maximum atomic E-state index is 13.7. The van der Waals surface area contributed by atoms with Gasteiger partial charge in [-0.15, -0.1) is 0 Å². The van der Waals surface area contributed by atoms with Crippen LogP contribution in [0.15, 0.2) is 35.1 Å². The van der Waals surface area contributed by atoms with Crippen LogP contribution in [0.25, 0.3) is 5.69 Å². The molecule has 1 aromatic heterocycles. The molecule has 2 aromatic rings. The fraction of sp³-hybridized carbons (Fsp3) is 0.375. The second-order valence-corrected chi connectivity index (χ2v) is 5.74. The Morgan fingerprint density at radius 1 is 1.07 bits per heavy atom. The van der Waals surface area contributed by atoms with Crippen LogP contribution in [0.2, 0.25) is 0 Å². The predicted molar refractivity (Wildman–Crippen MR) is 83.3 cm³/mol. The molecule has 0 atom stereocenters. The number of aryl methyl sites for hydroxylation is 1. The lowest BCUT2D eigenvalue weighted by atomic mass is 9.88. The number of nitrogens with zero attached hydrogens (tertiary/aromatic N) is 1. The SMILES string of the molecule is CCC(=O)NC(c1c(C)[nH]n(-c2ccccc2)c1=O)(C(F)(F)F)C(F)(F)F. The largest absolute Gasteiger partial charge is 0.425 e. The van der Waals surface area contributed by atoms with E-state index in [0.717, 1.165) is 19.2 Å². The minimum absolute atomic E-state index is 0.0388. The van der Waals surface area contributed by atoms with E-state index in [-0.39, 0.29) is 5.69 Å². The van der Waals surface area contributed by atoms with Gasteiger partial charge in [0.2, 0.25) is 5.91 Å². The van der Waals surface area contributed by atoms with Crippen molar-refractivity contribution in [3.63, 3.8) is 0 Å². The lowest BCUT2D eigenvalue weighted by Crippen LogP contribution is -2.66. The van der Waals surface area contributed by atoms with Crippen molar-refractivity contribution in [2.24, 2.45) is 0 Å². The van der Waals surface area contributed by atoms with E-state index in [2.05, 4.69) is 5.10 Å². The normalized spacial score (nSPS) is 12.9. The van der Waals surface area contributed by atoms with Crippen LogP contribution in [0.5, 0.6) is 0 Å². The number of rotatable bonds is 4. The summed E-state index contributed by atoms with van der Waals surface area (Å²) in [7, 11) is 0. The van der Waals surface area contributed by atoms with Crippen molar-refractivity contribution in [1.29, 1.82) is 0 Å². The number of carbonyl (C=O) groups excluding carboxylic acids is 1. The number of halogens is 6. The van der Waals surface area contributed by atoms with Crippen molar-refractivity contribution in [3.05, 3.63) is 51.9 Å². The Morgan fingerprint density at radius 2 is 1.59 bits per heavy atom. The van der Waals surface area contributed by atoms with Gasteiger partial charge in [-0.2, -0.15) is 26.3 Å². The Kier molecular flexibility index (Phi) is 5.17. The van der Waals surface area contributed by atoms with E-state index in [1.165, 1.54) is 24.3 Å². The minimum Gasteiger partial charge on any atom is -0.331 e. The number of aromatic amines is 1. The third-order valence-corrected chi connectivity index (χ3v) is 3.96. The lowest BCUT2D eigenvalue weighted by Gasteiger charge is -2.37. The van der Waals surface area contributed by atoms with E-state index in [1.807, 2.05) is 0 Å². The number of para-hydroxylation sites is 1. The van der Waals surface area contributed by atoms with E-state index >= 15 is 0 Å². The third-order valence-electron chi connectivity index (χ3n) is 3.96. The highest BCUT2D eigenvalue weighted by Crippen LogP contribution is 2.50. The van der Waals surface area contributed by atoms with Crippen LogP contribution in [0, 0.1) is 6.92 Å². The Hall–Kier alpha value is -2.72. The van der Waals surface area contributed by atoms with Crippen molar-refractivity contribution in [1.82, 2.24) is 15.1 Å². The number of alkyl halides is 6. The molecule has 1 aromatic carbocycles. The molecular formula is C16H15F6N3O2. The van der Waals surface area contributed by atoms with E-state index < -0.39 is 47.0 Å². The van der Waals surface area contributed by atoms with Gasteiger partial charge >= 0.3 is 12.4 Å². The number of benzene rings is 1. The summed E-state index contributed by atoms with van der Waals surface area (Å²) < 4.78 is 82.9. The highest BCUT2D eigenvalue weighted by molar-refractivity contribution is 5.77. The highest BCUT2D eigenvalue weighted by Gasteiger charge is 2.74.